The Labute approximate surface area is 208 Å². The largest absolute Gasteiger partial charge is 0.203 e. The van der Waals surface area contributed by atoms with E-state index in [2.05, 4.69) is 19.1 Å². The lowest BCUT2D eigenvalue weighted by molar-refractivity contribution is 0.138. The number of halogens is 2. The van der Waals surface area contributed by atoms with Gasteiger partial charge in [0.15, 0.2) is 11.6 Å². The molecule has 0 aliphatic heterocycles. The molecular formula is C32H48F2. The second kappa shape index (κ2) is 12.7. The van der Waals surface area contributed by atoms with Crippen LogP contribution in [0.3, 0.4) is 0 Å². The molecule has 0 radical (unpaired) electrons. The quantitative estimate of drug-likeness (QED) is 0.249. The highest BCUT2D eigenvalue weighted by Crippen LogP contribution is 2.46. The van der Waals surface area contributed by atoms with E-state index >= 15 is 0 Å². The third kappa shape index (κ3) is 6.33. The van der Waals surface area contributed by atoms with Gasteiger partial charge in [-0.15, -0.1) is 0 Å². The maximum atomic E-state index is 14.8. The zero-order chi connectivity index (χ0) is 23.9. The predicted molar refractivity (Wildman–Crippen MR) is 140 cm³/mol. The number of hydrogen-bond acceptors (Lipinski definition) is 0. The third-order valence-electron chi connectivity index (χ3n) is 9.69. The Bertz CT molecular complexity index is 780. The van der Waals surface area contributed by atoms with Gasteiger partial charge in [-0.1, -0.05) is 63.8 Å². The smallest absolute Gasteiger partial charge is 0.162 e. The molecule has 0 amide bonds. The minimum Gasteiger partial charge on any atom is -0.203 e. The molecule has 3 aliphatic carbocycles. The van der Waals surface area contributed by atoms with Gasteiger partial charge in [-0.25, -0.2) is 8.78 Å². The number of allylic oxidation sites excluding steroid dienone is 2. The first kappa shape index (κ1) is 25.9. The number of rotatable bonds is 9. The van der Waals surface area contributed by atoms with Crippen molar-refractivity contribution in [1.29, 1.82) is 0 Å². The molecule has 1 aromatic rings. The van der Waals surface area contributed by atoms with Gasteiger partial charge in [-0.05, 0) is 124 Å². The lowest BCUT2D eigenvalue weighted by Crippen LogP contribution is -2.28. The van der Waals surface area contributed by atoms with Gasteiger partial charge in [0.25, 0.3) is 0 Å². The Morgan fingerprint density at radius 1 is 0.676 bits per heavy atom. The average Bonchev–Trinajstić information content (AvgIpc) is 2.88. The topological polar surface area (TPSA) is 0 Å². The van der Waals surface area contributed by atoms with Crippen molar-refractivity contribution in [2.24, 2.45) is 29.6 Å². The molecule has 0 spiro atoms. The van der Waals surface area contributed by atoms with Crippen molar-refractivity contribution in [3.63, 3.8) is 0 Å². The van der Waals surface area contributed by atoms with Crippen molar-refractivity contribution in [3.05, 3.63) is 47.0 Å². The third-order valence-corrected chi connectivity index (χ3v) is 9.69. The molecule has 0 N–H and O–H groups in total. The summed E-state index contributed by atoms with van der Waals surface area (Å²) in [5, 5.41) is 0. The van der Waals surface area contributed by atoms with Crippen molar-refractivity contribution in [1.82, 2.24) is 0 Å². The van der Waals surface area contributed by atoms with Crippen LogP contribution >= 0.6 is 0 Å². The van der Waals surface area contributed by atoms with E-state index in [4.69, 9.17) is 0 Å². The lowest BCUT2D eigenvalue weighted by atomic mass is 9.65. The van der Waals surface area contributed by atoms with Crippen molar-refractivity contribution in [3.8, 4) is 0 Å². The fourth-order valence-electron chi connectivity index (χ4n) is 7.52. The molecule has 2 unspecified atom stereocenters. The van der Waals surface area contributed by atoms with Crippen LogP contribution in [0.25, 0.3) is 0 Å². The van der Waals surface area contributed by atoms with Crippen LogP contribution in [0.2, 0.25) is 0 Å². The Morgan fingerprint density at radius 3 is 1.97 bits per heavy atom. The molecule has 0 saturated heterocycles. The van der Waals surface area contributed by atoms with E-state index in [1.54, 1.807) is 0 Å². The summed E-state index contributed by atoms with van der Waals surface area (Å²) >= 11 is 0. The summed E-state index contributed by atoms with van der Waals surface area (Å²) in [6.45, 7) is 4.30. The SMILES string of the molecule is CCCCCC1C=CC(C2CCC(C3CCC(c4ccc(CCC)c(F)c4F)CC3)CC2)CC1. The van der Waals surface area contributed by atoms with Gasteiger partial charge in [0.1, 0.15) is 0 Å². The second-order valence-electron chi connectivity index (χ2n) is 11.9. The standard InChI is InChI=1S/C32H48F2/c1-3-5-6-8-23-9-11-24(12-10-23)25-13-15-26(16-14-25)27-17-19-28(20-18-27)30-22-21-29(7-4-2)31(33)32(30)34/h9,11,21-28H,3-8,10,12-20H2,1-2H3. The van der Waals surface area contributed by atoms with Crippen molar-refractivity contribution in [2.45, 2.75) is 122 Å². The summed E-state index contributed by atoms with van der Waals surface area (Å²) in [6.07, 6.45) is 25.0. The van der Waals surface area contributed by atoms with Crippen LogP contribution in [-0.4, -0.2) is 0 Å². The van der Waals surface area contributed by atoms with Gasteiger partial charge in [0.05, 0.1) is 0 Å². The van der Waals surface area contributed by atoms with Crippen LogP contribution in [0.5, 0.6) is 0 Å². The maximum absolute atomic E-state index is 14.8. The number of unbranched alkanes of at least 4 members (excludes halogenated alkanes) is 2. The first-order chi connectivity index (χ1) is 16.6. The average molecular weight is 471 g/mol. The van der Waals surface area contributed by atoms with E-state index < -0.39 is 11.6 Å². The van der Waals surface area contributed by atoms with E-state index in [-0.39, 0.29) is 5.92 Å². The highest BCUT2D eigenvalue weighted by molar-refractivity contribution is 5.29. The van der Waals surface area contributed by atoms with E-state index in [0.717, 1.165) is 48.9 Å². The Hall–Kier alpha value is -1.18. The maximum Gasteiger partial charge on any atom is 0.162 e. The summed E-state index contributed by atoms with van der Waals surface area (Å²) in [5.41, 5.74) is 1.17. The van der Waals surface area contributed by atoms with Gasteiger partial charge >= 0.3 is 0 Å². The fraction of sp³-hybridized carbons (Fsp3) is 0.750. The number of benzene rings is 1. The first-order valence-electron chi connectivity index (χ1n) is 14.8. The van der Waals surface area contributed by atoms with Crippen LogP contribution in [-0.2, 0) is 6.42 Å². The number of aryl methyl sites for hydroxylation is 1. The molecule has 2 fully saturated rings. The highest BCUT2D eigenvalue weighted by Gasteiger charge is 2.34. The Balaban J connectivity index is 1.22. The van der Waals surface area contributed by atoms with Gasteiger partial charge in [0, 0.05) is 0 Å². The zero-order valence-corrected chi connectivity index (χ0v) is 21.8. The molecule has 2 saturated carbocycles. The van der Waals surface area contributed by atoms with Crippen LogP contribution < -0.4 is 0 Å². The monoisotopic (exact) mass is 470 g/mol. The molecule has 0 heterocycles. The molecule has 34 heavy (non-hydrogen) atoms. The fourth-order valence-corrected chi connectivity index (χ4v) is 7.52. The van der Waals surface area contributed by atoms with Gasteiger partial charge < -0.3 is 0 Å². The summed E-state index contributed by atoms with van der Waals surface area (Å²) in [4.78, 5) is 0. The predicted octanol–water partition coefficient (Wildman–Crippen LogP) is 10.2. The van der Waals surface area contributed by atoms with E-state index in [1.165, 1.54) is 77.0 Å². The summed E-state index contributed by atoms with van der Waals surface area (Å²) < 4.78 is 29.2. The molecule has 4 rings (SSSR count). The van der Waals surface area contributed by atoms with E-state index in [0.29, 0.717) is 17.5 Å². The minimum atomic E-state index is -0.594. The summed E-state index contributed by atoms with van der Waals surface area (Å²) in [6, 6.07) is 3.71. The number of hydrogen-bond donors (Lipinski definition) is 0. The van der Waals surface area contributed by atoms with Gasteiger partial charge in [-0.3, -0.25) is 0 Å². The molecule has 2 heteroatoms. The van der Waals surface area contributed by atoms with E-state index in [1.807, 2.05) is 19.1 Å². The van der Waals surface area contributed by atoms with Crippen LogP contribution in [0.15, 0.2) is 24.3 Å². The van der Waals surface area contributed by atoms with Crippen LogP contribution in [0.1, 0.15) is 127 Å². The van der Waals surface area contributed by atoms with Crippen molar-refractivity contribution in [2.75, 3.05) is 0 Å². The zero-order valence-electron chi connectivity index (χ0n) is 21.8. The summed E-state index contributed by atoms with van der Waals surface area (Å²) in [7, 11) is 0. The highest BCUT2D eigenvalue weighted by atomic mass is 19.2. The second-order valence-corrected chi connectivity index (χ2v) is 11.9. The lowest BCUT2D eigenvalue weighted by Gasteiger charge is -2.40. The Kier molecular flexibility index (Phi) is 9.66. The normalized spacial score (nSPS) is 32.1. The first-order valence-corrected chi connectivity index (χ1v) is 14.8. The Morgan fingerprint density at radius 2 is 1.35 bits per heavy atom. The van der Waals surface area contributed by atoms with Crippen LogP contribution in [0.4, 0.5) is 8.78 Å². The van der Waals surface area contributed by atoms with Crippen LogP contribution in [0, 0.1) is 41.2 Å². The van der Waals surface area contributed by atoms with E-state index in [9.17, 15) is 8.78 Å². The van der Waals surface area contributed by atoms with Crippen molar-refractivity contribution >= 4 is 0 Å². The molecule has 3 aliphatic rings. The molecule has 0 nitrogen and oxygen atoms in total. The molecular weight excluding hydrogens is 422 g/mol. The molecule has 0 bridgehead atoms. The molecule has 0 aromatic heterocycles. The van der Waals surface area contributed by atoms with Gasteiger partial charge in [0.2, 0.25) is 0 Å². The molecule has 2 atom stereocenters. The van der Waals surface area contributed by atoms with Crippen molar-refractivity contribution < 1.29 is 8.78 Å². The molecule has 190 valence electrons. The summed E-state index contributed by atoms with van der Waals surface area (Å²) in [5.74, 6) is 3.28. The molecule has 1 aromatic carbocycles. The van der Waals surface area contributed by atoms with Gasteiger partial charge in [-0.2, -0.15) is 0 Å². The minimum absolute atomic E-state index is 0.204.